The van der Waals surface area contributed by atoms with Crippen molar-refractivity contribution in [1.29, 1.82) is 0 Å². The summed E-state index contributed by atoms with van der Waals surface area (Å²) in [6, 6.07) is -1.39. The third-order valence-electron chi connectivity index (χ3n) is 4.52. The number of thioether (sulfide) groups is 1. The Hall–Kier alpha value is -1.77. The molecule has 2 rings (SSSR count). The maximum atomic E-state index is 13.2. The zero-order chi connectivity index (χ0) is 20.4. The van der Waals surface area contributed by atoms with Crippen molar-refractivity contribution in [2.24, 2.45) is 0 Å². The molecule has 152 valence electrons. The zero-order valence-corrected chi connectivity index (χ0v) is 17.3. The first-order chi connectivity index (χ1) is 12.5. The maximum Gasteiger partial charge on any atom is 0.410 e. The van der Waals surface area contributed by atoms with E-state index >= 15 is 0 Å². The van der Waals surface area contributed by atoms with Gasteiger partial charge in [0.05, 0.1) is 7.11 Å². The van der Waals surface area contributed by atoms with E-state index in [-0.39, 0.29) is 22.8 Å². The summed E-state index contributed by atoms with van der Waals surface area (Å²) in [6.45, 7) is 7.50. The molecule has 0 saturated carbocycles. The van der Waals surface area contributed by atoms with Gasteiger partial charge in [-0.2, -0.15) is 0 Å². The zero-order valence-electron chi connectivity index (χ0n) is 16.5. The molecule has 0 bridgehead atoms. The number of carbonyl (C=O) groups is 4. The molecule has 0 radical (unpaired) electrons. The molecule has 2 aliphatic heterocycles. The molecule has 0 aromatic heterocycles. The lowest BCUT2D eigenvalue weighted by atomic mass is 10.1. The Morgan fingerprint density at radius 2 is 1.74 bits per heavy atom. The number of nitrogens with zero attached hydrogens (tertiary/aromatic N) is 2. The summed E-state index contributed by atoms with van der Waals surface area (Å²) >= 11 is 1.13. The molecular formula is C18H28N2O6S. The van der Waals surface area contributed by atoms with E-state index in [0.29, 0.717) is 25.8 Å². The number of rotatable bonds is 3. The van der Waals surface area contributed by atoms with Gasteiger partial charge in [0.25, 0.3) is 0 Å². The molecule has 0 aromatic rings. The minimum atomic E-state index is -0.736. The number of likely N-dealkylation sites (tertiary alicyclic amines) is 2. The topological polar surface area (TPSA) is 93.2 Å². The number of methoxy groups -OCH3 is 1. The van der Waals surface area contributed by atoms with Gasteiger partial charge in [0.15, 0.2) is 5.12 Å². The molecule has 27 heavy (non-hydrogen) atoms. The van der Waals surface area contributed by atoms with Crippen LogP contribution in [0.3, 0.4) is 0 Å². The van der Waals surface area contributed by atoms with E-state index in [1.54, 1.807) is 20.8 Å². The van der Waals surface area contributed by atoms with Crippen molar-refractivity contribution in [2.75, 3.05) is 20.2 Å². The summed E-state index contributed by atoms with van der Waals surface area (Å²) in [5.74, 6) is -0.794. The van der Waals surface area contributed by atoms with Crippen molar-refractivity contribution in [3.8, 4) is 0 Å². The summed E-state index contributed by atoms with van der Waals surface area (Å²) in [5, 5.41) is -0.221. The van der Waals surface area contributed by atoms with Crippen LogP contribution in [-0.4, -0.2) is 76.0 Å². The third kappa shape index (κ3) is 5.37. The number of amides is 2. The second-order valence-electron chi connectivity index (χ2n) is 7.83. The second-order valence-corrected chi connectivity index (χ2v) is 9.31. The Bertz CT molecular complexity index is 617. The fraction of sp³-hybridized carbons (Fsp3) is 0.778. The van der Waals surface area contributed by atoms with E-state index in [2.05, 4.69) is 0 Å². The maximum absolute atomic E-state index is 13.2. The molecule has 2 fully saturated rings. The lowest BCUT2D eigenvalue weighted by Crippen LogP contribution is -2.52. The van der Waals surface area contributed by atoms with E-state index in [1.807, 2.05) is 0 Å². The van der Waals surface area contributed by atoms with Gasteiger partial charge in [-0.25, -0.2) is 9.59 Å². The van der Waals surface area contributed by atoms with Crippen molar-refractivity contribution >= 4 is 34.8 Å². The number of hydrogen-bond acceptors (Lipinski definition) is 7. The van der Waals surface area contributed by atoms with Crippen LogP contribution in [-0.2, 0) is 23.9 Å². The van der Waals surface area contributed by atoms with Crippen LogP contribution in [0, 0.1) is 0 Å². The van der Waals surface area contributed by atoms with Crippen LogP contribution in [0.1, 0.15) is 47.0 Å². The smallest absolute Gasteiger partial charge is 0.410 e. The van der Waals surface area contributed by atoms with Crippen LogP contribution in [0.4, 0.5) is 4.79 Å². The van der Waals surface area contributed by atoms with Gasteiger partial charge in [-0.3, -0.25) is 14.5 Å². The number of hydrogen-bond donors (Lipinski definition) is 0. The Morgan fingerprint density at radius 3 is 2.30 bits per heavy atom. The molecule has 3 atom stereocenters. The van der Waals surface area contributed by atoms with Gasteiger partial charge in [-0.05, 0) is 40.0 Å². The van der Waals surface area contributed by atoms with Crippen LogP contribution < -0.4 is 0 Å². The van der Waals surface area contributed by atoms with Crippen molar-refractivity contribution < 1.29 is 28.7 Å². The van der Waals surface area contributed by atoms with E-state index in [9.17, 15) is 19.2 Å². The predicted molar refractivity (Wildman–Crippen MR) is 100 cm³/mol. The molecule has 2 aliphatic rings. The van der Waals surface area contributed by atoms with E-state index < -0.39 is 29.7 Å². The molecule has 0 unspecified atom stereocenters. The monoisotopic (exact) mass is 400 g/mol. The number of ether oxygens (including phenoxy) is 2. The van der Waals surface area contributed by atoms with Crippen LogP contribution in [0.5, 0.6) is 0 Å². The highest BCUT2D eigenvalue weighted by Gasteiger charge is 2.46. The number of carbonyl (C=O) groups excluding carboxylic acids is 4. The predicted octanol–water partition coefficient (Wildman–Crippen LogP) is 1.81. The fourth-order valence-electron chi connectivity index (χ4n) is 3.47. The molecule has 0 N–H and O–H groups in total. The van der Waals surface area contributed by atoms with Crippen molar-refractivity contribution in [3.63, 3.8) is 0 Å². The lowest BCUT2D eigenvalue weighted by molar-refractivity contribution is -0.152. The van der Waals surface area contributed by atoms with Gasteiger partial charge in [-0.1, -0.05) is 11.8 Å². The summed E-state index contributed by atoms with van der Waals surface area (Å²) in [6.07, 6.45) is 1.05. The average molecular weight is 400 g/mol. The van der Waals surface area contributed by atoms with Crippen LogP contribution in [0.2, 0.25) is 0 Å². The quantitative estimate of drug-likeness (QED) is 0.667. The van der Waals surface area contributed by atoms with Crippen molar-refractivity contribution in [2.45, 2.75) is 69.9 Å². The SMILES string of the molecule is COC(=O)[C@@H]1C[C@H](SC(C)=O)CN1C(=O)[C@@H]1CCCN1C(=O)OC(C)(C)C. The molecule has 0 aromatic carbocycles. The highest BCUT2D eigenvalue weighted by Crippen LogP contribution is 2.31. The van der Waals surface area contributed by atoms with Gasteiger partial charge < -0.3 is 14.4 Å². The molecule has 2 amide bonds. The first-order valence-electron chi connectivity index (χ1n) is 9.08. The Kier molecular flexibility index (Phi) is 6.77. The highest BCUT2D eigenvalue weighted by molar-refractivity contribution is 8.14. The van der Waals surface area contributed by atoms with Crippen LogP contribution in [0.15, 0.2) is 0 Å². The molecule has 2 heterocycles. The molecule has 0 aliphatic carbocycles. The molecule has 8 nitrogen and oxygen atoms in total. The highest BCUT2D eigenvalue weighted by atomic mass is 32.2. The first-order valence-corrected chi connectivity index (χ1v) is 9.96. The lowest BCUT2D eigenvalue weighted by Gasteiger charge is -2.31. The third-order valence-corrected chi connectivity index (χ3v) is 5.52. The van der Waals surface area contributed by atoms with Gasteiger partial charge in [0.2, 0.25) is 5.91 Å². The standard InChI is InChI=1S/C18H28N2O6S/c1-11(21)27-12-9-14(16(23)25-5)20(10-12)15(22)13-7-6-8-19(13)17(24)26-18(2,3)4/h12-14H,6-10H2,1-5H3/t12-,13-,14-/m0/s1. The average Bonchev–Trinajstić information content (AvgIpc) is 3.18. The van der Waals surface area contributed by atoms with Gasteiger partial charge >= 0.3 is 12.1 Å². The molecule has 9 heteroatoms. The minimum absolute atomic E-state index is 0.0610. The van der Waals surface area contributed by atoms with Crippen molar-refractivity contribution in [1.82, 2.24) is 9.80 Å². The summed E-state index contributed by atoms with van der Waals surface area (Å²) < 4.78 is 10.2. The van der Waals surface area contributed by atoms with Crippen LogP contribution >= 0.6 is 11.8 Å². The summed E-state index contributed by atoms with van der Waals surface area (Å²) in [5.41, 5.74) is -0.654. The van der Waals surface area contributed by atoms with Crippen LogP contribution in [0.25, 0.3) is 0 Å². The van der Waals surface area contributed by atoms with Crippen molar-refractivity contribution in [3.05, 3.63) is 0 Å². The first kappa shape index (κ1) is 21.5. The summed E-state index contributed by atoms with van der Waals surface area (Å²) in [4.78, 5) is 52.1. The van der Waals surface area contributed by atoms with E-state index in [4.69, 9.17) is 9.47 Å². The molecule has 0 spiro atoms. The fourth-order valence-corrected chi connectivity index (χ4v) is 4.46. The van der Waals surface area contributed by atoms with E-state index in [0.717, 1.165) is 11.8 Å². The van der Waals surface area contributed by atoms with Gasteiger partial charge in [0, 0.05) is 25.3 Å². The van der Waals surface area contributed by atoms with Gasteiger partial charge in [-0.15, -0.1) is 0 Å². The minimum Gasteiger partial charge on any atom is -0.467 e. The molecule has 2 saturated heterocycles. The second kappa shape index (κ2) is 8.50. The largest absolute Gasteiger partial charge is 0.467 e. The number of esters is 1. The Morgan fingerprint density at radius 1 is 1.07 bits per heavy atom. The van der Waals surface area contributed by atoms with E-state index in [1.165, 1.54) is 23.8 Å². The molecular weight excluding hydrogens is 372 g/mol. The summed E-state index contributed by atoms with van der Waals surface area (Å²) in [7, 11) is 1.28. The van der Waals surface area contributed by atoms with Gasteiger partial charge in [0.1, 0.15) is 17.7 Å². The Balaban J connectivity index is 2.16. The normalized spacial score (nSPS) is 25.4. The Labute approximate surface area is 163 Å².